The first-order valence-electron chi connectivity index (χ1n) is 12.6. The second-order valence-corrected chi connectivity index (χ2v) is 11.6. The number of amides is 1. The molecule has 9 nitrogen and oxygen atoms in total. The average molecular weight is 595 g/mol. The van der Waals surface area contributed by atoms with Crippen molar-refractivity contribution in [2.24, 2.45) is 5.10 Å². The number of anilines is 1. The van der Waals surface area contributed by atoms with Gasteiger partial charge in [-0.25, -0.2) is 13.8 Å². The monoisotopic (exact) mass is 594 g/mol. The molecular formula is C30H31ClN4O5S. The number of ether oxygens (including phenoxy) is 2. The van der Waals surface area contributed by atoms with E-state index in [2.05, 4.69) is 10.5 Å². The molecule has 41 heavy (non-hydrogen) atoms. The van der Waals surface area contributed by atoms with Crippen molar-refractivity contribution in [1.29, 1.82) is 0 Å². The minimum Gasteiger partial charge on any atom is -0.493 e. The van der Waals surface area contributed by atoms with E-state index < -0.39 is 22.5 Å². The van der Waals surface area contributed by atoms with Gasteiger partial charge in [0.1, 0.15) is 6.54 Å². The molecule has 0 aliphatic heterocycles. The molecule has 0 saturated carbocycles. The lowest BCUT2D eigenvalue weighted by Gasteiger charge is -2.24. The number of rotatable bonds is 10. The van der Waals surface area contributed by atoms with Crippen LogP contribution >= 0.6 is 11.6 Å². The van der Waals surface area contributed by atoms with Crippen LogP contribution in [0.4, 0.5) is 5.69 Å². The number of benzene rings is 3. The van der Waals surface area contributed by atoms with Gasteiger partial charge in [0.15, 0.2) is 11.5 Å². The van der Waals surface area contributed by atoms with Gasteiger partial charge >= 0.3 is 0 Å². The molecule has 1 N–H and O–H groups in total. The van der Waals surface area contributed by atoms with Crippen LogP contribution in [0.2, 0.25) is 5.02 Å². The van der Waals surface area contributed by atoms with Crippen LogP contribution in [0.25, 0.3) is 5.69 Å². The van der Waals surface area contributed by atoms with Crippen molar-refractivity contribution in [2.45, 2.75) is 25.7 Å². The van der Waals surface area contributed by atoms with Gasteiger partial charge in [0, 0.05) is 33.7 Å². The number of nitrogens with zero attached hydrogens (tertiary/aromatic N) is 3. The van der Waals surface area contributed by atoms with Gasteiger partial charge in [-0.3, -0.25) is 9.10 Å². The number of methoxy groups -OCH3 is 2. The Labute approximate surface area is 245 Å². The molecule has 0 radical (unpaired) electrons. The van der Waals surface area contributed by atoms with Crippen molar-refractivity contribution in [2.75, 3.05) is 25.1 Å². The lowest BCUT2D eigenvalue weighted by Crippen LogP contribution is -2.39. The van der Waals surface area contributed by atoms with Gasteiger partial charge < -0.3 is 14.0 Å². The Morgan fingerprint density at radius 1 is 0.976 bits per heavy atom. The van der Waals surface area contributed by atoms with Crippen molar-refractivity contribution < 1.29 is 22.7 Å². The number of nitrogens with one attached hydrogen (secondary N) is 1. The van der Waals surface area contributed by atoms with Gasteiger partial charge in [0.05, 0.1) is 31.0 Å². The van der Waals surface area contributed by atoms with Gasteiger partial charge in [0.25, 0.3) is 15.9 Å². The summed E-state index contributed by atoms with van der Waals surface area (Å²) < 4.78 is 41.1. The third-order valence-electron chi connectivity index (χ3n) is 6.48. The molecule has 0 spiro atoms. The SMILES string of the molecule is COc1ccc(S(=O)(=O)N(CC(=O)N/N=C\c2cc(C)n(-c3cccc(Cl)c3)c2C)c2ccc(C)cc2)cc1OC. The van der Waals surface area contributed by atoms with E-state index in [4.69, 9.17) is 21.1 Å². The van der Waals surface area contributed by atoms with Gasteiger partial charge in [-0.1, -0.05) is 35.4 Å². The Morgan fingerprint density at radius 3 is 2.34 bits per heavy atom. The van der Waals surface area contributed by atoms with Crippen LogP contribution in [0.15, 0.2) is 82.8 Å². The van der Waals surface area contributed by atoms with Crippen LogP contribution in [0.1, 0.15) is 22.5 Å². The summed E-state index contributed by atoms with van der Waals surface area (Å²) >= 11 is 6.17. The van der Waals surface area contributed by atoms with Gasteiger partial charge in [-0.05, 0) is 69.3 Å². The Hall–Kier alpha value is -4.28. The molecule has 4 aromatic rings. The summed E-state index contributed by atoms with van der Waals surface area (Å²) in [6.07, 6.45) is 1.53. The number of carbonyl (C=O) groups is 1. The second kappa shape index (κ2) is 12.5. The predicted molar refractivity (Wildman–Crippen MR) is 161 cm³/mol. The van der Waals surface area contributed by atoms with Gasteiger partial charge in [0.2, 0.25) is 0 Å². The molecule has 214 valence electrons. The summed E-state index contributed by atoms with van der Waals surface area (Å²) in [5.41, 5.74) is 7.30. The largest absolute Gasteiger partial charge is 0.493 e. The first kappa shape index (κ1) is 29.7. The minimum atomic E-state index is -4.17. The number of aromatic nitrogens is 1. The number of hydrogen-bond donors (Lipinski definition) is 1. The average Bonchev–Trinajstić information content (AvgIpc) is 3.24. The third-order valence-corrected chi connectivity index (χ3v) is 8.49. The molecule has 3 aromatic carbocycles. The highest BCUT2D eigenvalue weighted by atomic mass is 35.5. The van der Waals surface area contributed by atoms with Crippen LogP contribution in [0, 0.1) is 20.8 Å². The van der Waals surface area contributed by atoms with Crippen LogP contribution in [0.3, 0.4) is 0 Å². The lowest BCUT2D eigenvalue weighted by atomic mass is 10.2. The molecule has 0 fully saturated rings. The first-order valence-corrected chi connectivity index (χ1v) is 14.4. The Kier molecular flexibility index (Phi) is 9.05. The maximum atomic E-state index is 13.8. The van der Waals surface area contributed by atoms with Crippen molar-refractivity contribution in [3.05, 3.63) is 100 Å². The molecule has 1 aromatic heterocycles. The molecule has 0 atom stereocenters. The summed E-state index contributed by atoms with van der Waals surface area (Å²) in [6, 6.07) is 20.6. The number of hydrazone groups is 1. The van der Waals surface area contributed by atoms with Crippen LogP contribution in [0.5, 0.6) is 11.5 Å². The van der Waals surface area contributed by atoms with Crippen molar-refractivity contribution >= 4 is 39.4 Å². The fourth-order valence-electron chi connectivity index (χ4n) is 4.40. The highest BCUT2D eigenvalue weighted by molar-refractivity contribution is 7.92. The zero-order chi connectivity index (χ0) is 29.7. The number of halogens is 1. The summed E-state index contributed by atoms with van der Waals surface area (Å²) in [7, 11) is -1.29. The summed E-state index contributed by atoms with van der Waals surface area (Å²) in [5, 5.41) is 4.74. The second-order valence-electron chi connectivity index (χ2n) is 9.30. The van der Waals surface area contributed by atoms with Crippen LogP contribution < -0.4 is 19.2 Å². The number of hydrogen-bond acceptors (Lipinski definition) is 6. The highest BCUT2D eigenvalue weighted by Crippen LogP contribution is 2.32. The molecule has 4 rings (SSSR count). The maximum absolute atomic E-state index is 13.8. The maximum Gasteiger partial charge on any atom is 0.264 e. The zero-order valence-electron chi connectivity index (χ0n) is 23.4. The van der Waals surface area contributed by atoms with Gasteiger partial charge in [-0.2, -0.15) is 5.10 Å². The van der Waals surface area contributed by atoms with E-state index in [9.17, 15) is 13.2 Å². The Morgan fingerprint density at radius 2 is 1.68 bits per heavy atom. The topological polar surface area (TPSA) is 102 Å². The molecule has 0 aliphatic carbocycles. The molecule has 0 saturated heterocycles. The van der Waals surface area contributed by atoms with Crippen molar-refractivity contribution in [1.82, 2.24) is 9.99 Å². The lowest BCUT2D eigenvalue weighted by molar-refractivity contribution is -0.119. The molecule has 0 aliphatic rings. The van der Waals surface area contributed by atoms with E-state index in [1.807, 2.05) is 55.7 Å². The Bertz CT molecular complexity index is 1700. The van der Waals surface area contributed by atoms with Crippen LogP contribution in [-0.2, 0) is 14.8 Å². The molecular weight excluding hydrogens is 564 g/mol. The fraction of sp³-hybridized carbons (Fsp3) is 0.200. The number of sulfonamides is 1. The molecule has 1 heterocycles. The normalized spacial score (nSPS) is 11.5. The third kappa shape index (κ3) is 6.55. The highest BCUT2D eigenvalue weighted by Gasteiger charge is 2.28. The standard InChI is InChI=1S/C30H31ClN4O5S/c1-20-9-11-25(12-10-20)34(41(37,38)27-13-14-28(39-4)29(17-27)40-5)19-30(36)33-32-18-23-15-21(2)35(22(23)3)26-8-6-7-24(31)16-26/h6-18H,19H2,1-5H3,(H,33,36)/b32-18-. The molecule has 11 heteroatoms. The van der Waals surface area contributed by atoms with E-state index in [0.29, 0.717) is 16.5 Å². The predicted octanol–water partition coefficient (Wildman–Crippen LogP) is 5.42. The smallest absolute Gasteiger partial charge is 0.264 e. The van der Waals surface area contributed by atoms with E-state index in [1.54, 1.807) is 24.3 Å². The Balaban J connectivity index is 1.58. The molecule has 0 unspecified atom stereocenters. The van der Waals surface area contributed by atoms with E-state index in [-0.39, 0.29) is 10.6 Å². The van der Waals surface area contributed by atoms with Gasteiger partial charge in [-0.15, -0.1) is 0 Å². The molecule has 0 bridgehead atoms. The molecule has 1 amide bonds. The fourth-order valence-corrected chi connectivity index (χ4v) is 6.02. The van der Waals surface area contributed by atoms with E-state index >= 15 is 0 Å². The number of aryl methyl sites for hydroxylation is 2. The van der Waals surface area contributed by atoms with Crippen molar-refractivity contribution in [3.63, 3.8) is 0 Å². The summed E-state index contributed by atoms with van der Waals surface area (Å²) in [6.45, 7) is 5.29. The summed E-state index contributed by atoms with van der Waals surface area (Å²) in [5.74, 6) is 0.0199. The summed E-state index contributed by atoms with van der Waals surface area (Å²) in [4.78, 5) is 13.0. The quantitative estimate of drug-likeness (QED) is 0.195. The minimum absolute atomic E-state index is 0.0551. The first-order chi connectivity index (χ1) is 19.5. The van der Waals surface area contributed by atoms with E-state index in [1.165, 1.54) is 38.6 Å². The van der Waals surface area contributed by atoms with E-state index in [0.717, 1.165) is 32.5 Å². The zero-order valence-corrected chi connectivity index (χ0v) is 25.0. The van der Waals surface area contributed by atoms with Crippen molar-refractivity contribution in [3.8, 4) is 17.2 Å². The number of carbonyl (C=O) groups excluding carboxylic acids is 1. The van der Waals surface area contributed by atoms with Crippen LogP contribution in [-0.4, -0.2) is 45.9 Å².